The fourth-order valence-electron chi connectivity index (χ4n) is 3.50. The summed E-state index contributed by atoms with van der Waals surface area (Å²) in [6.45, 7) is 1.85. The van der Waals surface area contributed by atoms with E-state index in [1.807, 2.05) is 6.92 Å². The van der Waals surface area contributed by atoms with Crippen LogP contribution in [0.25, 0.3) is 0 Å². The lowest BCUT2D eigenvalue weighted by Crippen LogP contribution is -2.53. The van der Waals surface area contributed by atoms with Crippen LogP contribution in [-0.4, -0.2) is 33.8 Å². The molecule has 1 aliphatic rings. The topological polar surface area (TPSA) is 135 Å². The molecule has 9 nitrogen and oxygen atoms in total. The van der Waals surface area contributed by atoms with Crippen molar-refractivity contribution in [3.05, 3.63) is 64.2 Å². The number of para-hydroxylation sites is 1. The lowest BCUT2D eigenvalue weighted by molar-refractivity contribution is -0.387. The third kappa shape index (κ3) is 5.04. The van der Waals surface area contributed by atoms with Gasteiger partial charge < -0.3 is 0 Å². The summed E-state index contributed by atoms with van der Waals surface area (Å²) >= 11 is 0. The average molecular weight is 454 g/mol. The van der Waals surface area contributed by atoms with E-state index < -0.39 is 47.6 Å². The molecule has 162 valence electrons. The monoisotopic (exact) mass is 453 g/mol. The normalized spacial score (nSPS) is 20.0. The van der Waals surface area contributed by atoms with Gasteiger partial charge in [0.05, 0.1) is 9.82 Å². The van der Waals surface area contributed by atoms with Crippen LogP contribution in [0.15, 0.2) is 58.3 Å². The van der Waals surface area contributed by atoms with Gasteiger partial charge in [-0.1, -0.05) is 42.7 Å². The second kappa shape index (κ2) is 8.80. The Labute approximate surface area is 175 Å². The first kappa shape index (κ1) is 22.3. The molecule has 0 heterocycles. The summed E-state index contributed by atoms with van der Waals surface area (Å²) in [6.07, 6.45) is 2.33. The number of sulfonamides is 2. The third-order valence-corrected chi connectivity index (χ3v) is 8.10. The number of benzene rings is 2. The maximum absolute atomic E-state index is 12.9. The summed E-state index contributed by atoms with van der Waals surface area (Å²) in [5.74, 6) is 0. The summed E-state index contributed by atoms with van der Waals surface area (Å²) in [7, 11) is -8.07. The van der Waals surface area contributed by atoms with Crippen LogP contribution in [0.4, 0.5) is 5.69 Å². The van der Waals surface area contributed by atoms with Crippen LogP contribution >= 0.6 is 0 Å². The highest BCUT2D eigenvalue weighted by Crippen LogP contribution is 2.26. The van der Waals surface area contributed by atoms with Gasteiger partial charge in [0.1, 0.15) is 0 Å². The van der Waals surface area contributed by atoms with Crippen molar-refractivity contribution >= 4 is 25.7 Å². The van der Waals surface area contributed by atoms with Crippen molar-refractivity contribution in [2.24, 2.45) is 0 Å². The van der Waals surface area contributed by atoms with Crippen LogP contribution in [0.2, 0.25) is 0 Å². The highest BCUT2D eigenvalue weighted by molar-refractivity contribution is 7.90. The number of rotatable bonds is 7. The second-order valence-corrected chi connectivity index (χ2v) is 10.7. The van der Waals surface area contributed by atoms with E-state index in [-0.39, 0.29) is 4.90 Å². The minimum absolute atomic E-state index is 0.0963. The lowest BCUT2D eigenvalue weighted by atomic mass is 9.92. The van der Waals surface area contributed by atoms with Crippen molar-refractivity contribution in [1.82, 2.24) is 9.44 Å². The zero-order valence-corrected chi connectivity index (χ0v) is 17.9. The molecule has 1 aliphatic carbocycles. The van der Waals surface area contributed by atoms with Crippen LogP contribution in [0.5, 0.6) is 0 Å². The molecule has 2 atom stereocenters. The molecule has 0 saturated heterocycles. The van der Waals surface area contributed by atoms with Gasteiger partial charge in [-0.2, -0.15) is 0 Å². The van der Waals surface area contributed by atoms with Gasteiger partial charge in [-0.25, -0.2) is 26.3 Å². The predicted octanol–water partition coefficient (Wildman–Crippen LogP) is 2.47. The van der Waals surface area contributed by atoms with Crippen LogP contribution in [0, 0.1) is 17.0 Å². The molecule has 0 spiro atoms. The van der Waals surface area contributed by atoms with Gasteiger partial charge in [-0.15, -0.1) is 0 Å². The highest BCUT2D eigenvalue weighted by Gasteiger charge is 2.34. The molecule has 0 aliphatic heterocycles. The fourth-order valence-corrected chi connectivity index (χ4v) is 6.29. The molecule has 30 heavy (non-hydrogen) atoms. The van der Waals surface area contributed by atoms with E-state index in [1.54, 1.807) is 12.1 Å². The number of aryl methyl sites for hydroxylation is 1. The Morgan fingerprint density at radius 3 is 1.97 bits per heavy atom. The molecular formula is C19H23N3O6S2. The Morgan fingerprint density at radius 1 is 0.867 bits per heavy atom. The lowest BCUT2D eigenvalue weighted by Gasteiger charge is -2.32. The fraction of sp³-hybridized carbons (Fsp3) is 0.368. The Bertz CT molecular complexity index is 1130. The van der Waals surface area contributed by atoms with E-state index in [9.17, 15) is 26.9 Å². The molecular weight excluding hydrogens is 430 g/mol. The number of hydrogen-bond acceptors (Lipinski definition) is 6. The number of nitrogens with zero attached hydrogens (tertiary/aromatic N) is 1. The van der Waals surface area contributed by atoms with E-state index in [0.29, 0.717) is 19.3 Å². The Hall–Kier alpha value is -2.34. The van der Waals surface area contributed by atoms with Crippen molar-refractivity contribution in [2.45, 2.75) is 54.5 Å². The summed E-state index contributed by atoms with van der Waals surface area (Å²) in [5, 5.41) is 11.2. The quantitative estimate of drug-likeness (QED) is 0.488. The molecule has 0 amide bonds. The molecule has 0 unspecified atom stereocenters. The van der Waals surface area contributed by atoms with Gasteiger partial charge in [0.15, 0.2) is 4.90 Å². The largest absolute Gasteiger partial charge is 0.289 e. The van der Waals surface area contributed by atoms with Crippen molar-refractivity contribution in [3.63, 3.8) is 0 Å². The first-order valence-corrected chi connectivity index (χ1v) is 12.4. The maximum Gasteiger partial charge on any atom is 0.289 e. The van der Waals surface area contributed by atoms with Gasteiger partial charge in [-0.3, -0.25) is 10.1 Å². The summed E-state index contributed by atoms with van der Waals surface area (Å²) in [4.78, 5) is 10.1. The van der Waals surface area contributed by atoms with Gasteiger partial charge in [0.2, 0.25) is 20.0 Å². The van der Waals surface area contributed by atoms with Gasteiger partial charge >= 0.3 is 0 Å². The standard InChI is InChI=1S/C19H23N3O6S2/c1-14-10-12-15(13-11-14)29(25,26)20-16-6-2-3-7-17(16)21-30(27,28)19-9-5-4-8-18(19)22(23)24/h4-5,8-13,16-17,20-21H,2-3,6-7H2,1H3/t16-,17-/m0/s1. The van der Waals surface area contributed by atoms with Crippen molar-refractivity contribution in [2.75, 3.05) is 0 Å². The maximum atomic E-state index is 12.9. The molecule has 1 saturated carbocycles. The van der Waals surface area contributed by atoms with Crippen LogP contribution < -0.4 is 9.44 Å². The number of nitro benzene ring substituents is 1. The number of nitrogens with one attached hydrogen (secondary N) is 2. The summed E-state index contributed by atoms with van der Waals surface area (Å²) in [6, 6.07) is 10.0. The molecule has 3 rings (SSSR count). The zero-order chi connectivity index (χ0) is 21.9. The Kier molecular flexibility index (Phi) is 6.56. The smallest absolute Gasteiger partial charge is 0.258 e. The van der Waals surface area contributed by atoms with Gasteiger partial charge in [0, 0.05) is 18.2 Å². The number of nitro groups is 1. The summed E-state index contributed by atoms with van der Waals surface area (Å²) in [5.41, 5.74) is 0.388. The van der Waals surface area contributed by atoms with Crippen molar-refractivity contribution in [3.8, 4) is 0 Å². The molecule has 2 aromatic carbocycles. The summed E-state index contributed by atoms with van der Waals surface area (Å²) < 4.78 is 56.3. The van der Waals surface area contributed by atoms with Crippen molar-refractivity contribution < 1.29 is 21.8 Å². The minimum atomic E-state index is -4.22. The Morgan fingerprint density at radius 2 is 1.40 bits per heavy atom. The van der Waals surface area contributed by atoms with Gasteiger partial charge in [0.25, 0.3) is 5.69 Å². The van der Waals surface area contributed by atoms with E-state index in [4.69, 9.17) is 0 Å². The zero-order valence-electron chi connectivity index (χ0n) is 16.3. The van der Waals surface area contributed by atoms with E-state index in [2.05, 4.69) is 9.44 Å². The molecule has 0 aromatic heterocycles. The average Bonchev–Trinajstić information content (AvgIpc) is 2.69. The van der Waals surface area contributed by atoms with E-state index in [1.165, 1.54) is 24.3 Å². The predicted molar refractivity (Wildman–Crippen MR) is 111 cm³/mol. The second-order valence-electron chi connectivity index (χ2n) is 7.28. The van der Waals surface area contributed by atoms with E-state index >= 15 is 0 Å². The molecule has 1 fully saturated rings. The van der Waals surface area contributed by atoms with Crippen LogP contribution in [0.3, 0.4) is 0 Å². The molecule has 0 bridgehead atoms. The van der Waals surface area contributed by atoms with Crippen molar-refractivity contribution in [1.29, 1.82) is 0 Å². The first-order chi connectivity index (χ1) is 14.1. The minimum Gasteiger partial charge on any atom is -0.258 e. The third-order valence-electron chi connectivity index (χ3n) is 5.06. The molecule has 2 N–H and O–H groups in total. The molecule has 0 radical (unpaired) electrons. The molecule has 11 heteroatoms. The van der Waals surface area contributed by atoms with E-state index in [0.717, 1.165) is 24.1 Å². The SMILES string of the molecule is Cc1ccc(S(=O)(=O)N[C@H]2CCCC[C@@H]2NS(=O)(=O)c2ccccc2[N+](=O)[O-])cc1. The van der Waals surface area contributed by atoms with Gasteiger partial charge in [-0.05, 0) is 38.0 Å². The highest BCUT2D eigenvalue weighted by atomic mass is 32.2. The molecule has 2 aromatic rings. The first-order valence-electron chi connectivity index (χ1n) is 9.45. The van der Waals surface area contributed by atoms with Crippen LogP contribution in [-0.2, 0) is 20.0 Å². The Balaban J connectivity index is 1.84. The van der Waals surface area contributed by atoms with Crippen LogP contribution in [0.1, 0.15) is 31.2 Å². The number of hydrogen-bond donors (Lipinski definition) is 2.